The van der Waals surface area contributed by atoms with E-state index in [9.17, 15) is 9.59 Å². The number of amides is 1. The quantitative estimate of drug-likeness (QED) is 0.939. The Hall–Kier alpha value is -2.40. The van der Waals surface area contributed by atoms with Crippen LogP contribution in [0.2, 0.25) is 5.02 Å². The van der Waals surface area contributed by atoms with Crippen LogP contribution in [0.1, 0.15) is 16.8 Å². The van der Waals surface area contributed by atoms with E-state index in [1.54, 1.807) is 29.3 Å². The summed E-state index contributed by atoms with van der Waals surface area (Å²) in [7, 11) is 0. The van der Waals surface area contributed by atoms with Gasteiger partial charge >= 0.3 is 5.97 Å². The highest BCUT2D eigenvalue weighted by Gasteiger charge is 2.31. The van der Waals surface area contributed by atoms with Gasteiger partial charge in [-0.2, -0.15) is 0 Å². The van der Waals surface area contributed by atoms with E-state index in [1.807, 2.05) is 12.1 Å². The first-order valence-electron chi connectivity index (χ1n) is 7.27. The van der Waals surface area contributed by atoms with Crippen molar-refractivity contribution in [2.45, 2.75) is 6.42 Å². The minimum absolute atomic E-state index is 0.183. The molecule has 6 heteroatoms. The number of benzene rings is 1. The Morgan fingerprint density at radius 3 is 2.57 bits per heavy atom. The van der Waals surface area contributed by atoms with Gasteiger partial charge in [0, 0.05) is 36.1 Å². The molecule has 1 atom stereocenters. The highest BCUT2D eigenvalue weighted by atomic mass is 35.5. The maximum atomic E-state index is 12.5. The van der Waals surface area contributed by atoms with Gasteiger partial charge in [-0.15, -0.1) is 0 Å². The first-order chi connectivity index (χ1) is 11.0. The number of rotatable bonds is 3. The van der Waals surface area contributed by atoms with Crippen LogP contribution < -0.4 is 0 Å². The normalized spacial score (nSPS) is 17.3. The second-order valence-electron chi connectivity index (χ2n) is 5.54. The molecule has 2 heterocycles. The summed E-state index contributed by atoms with van der Waals surface area (Å²) in [6, 6.07) is 9.06. The molecule has 0 aliphatic carbocycles. The lowest BCUT2D eigenvalue weighted by Gasteiger charge is -2.16. The van der Waals surface area contributed by atoms with Crippen LogP contribution >= 0.6 is 11.6 Å². The number of likely N-dealkylation sites (tertiary alicyclic amines) is 1. The molecule has 23 heavy (non-hydrogen) atoms. The van der Waals surface area contributed by atoms with Crippen molar-refractivity contribution in [1.82, 2.24) is 9.88 Å². The van der Waals surface area contributed by atoms with Crippen molar-refractivity contribution in [1.29, 1.82) is 0 Å². The summed E-state index contributed by atoms with van der Waals surface area (Å²) in [5.74, 6) is -1.52. The fourth-order valence-electron chi connectivity index (χ4n) is 2.69. The van der Waals surface area contributed by atoms with Crippen molar-refractivity contribution in [3.05, 3.63) is 53.3 Å². The van der Waals surface area contributed by atoms with Gasteiger partial charge in [-0.25, -0.2) is 0 Å². The zero-order valence-corrected chi connectivity index (χ0v) is 13.0. The Kier molecular flexibility index (Phi) is 4.30. The lowest BCUT2D eigenvalue weighted by molar-refractivity contribution is -0.141. The van der Waals surface area contributed by atoms with E-state index >= 15 is 0 Å². The van der Waals surface area contributed by atoms with E-state index in [0.717, 1.165) is 11.1 Å². The van der Waals surface area contributed by atoms with E-state index in [2.05, 4.69) is 4.98 Å². The van der Waals surface area contributed by atoms with Crippen molar-refractivity contribution in [3.8, 4) is 11.1 Å². The van der Waals surface area contributed by atoms with Crippen LogP contribution in [0, 0.1) is 5.92 Å². The second kappa shape index (κ2) is 6.38. The molecule has 2 aromatic rings. The number of aliphatic carboxylic acids is 1. The highest BCUT2D eigenvalue weighted by molar-refractivity contribution is 6.30. The molecule has 1 N–H and O–H groups in total. The number of carbonyl (C=O) groups is 2. The van der Waals surface area contributed by atoms with Gasteiger partial charge in [-0.1, -0.05) is 23.7 Å². The Morgan fingerprint density at radius 2 is 1.91 bits per heavy atom. The number of aromatic nitrogens is 1. The lowest BCUT2D eigenvalue weighted by atomic mass is 10.1. The topological polar surface area (TPSA) is 70.5 Å². The van der Waals surface area contributed by atoms with Gasteiger partial charge in [-0.05, 0) is 30.2 Å². The van der Waals surface area contributed by atoms with Gasteiger partial charge < -0.3 is 10.0 Å². The van der Waals surface area contributed by atoms with Gasteiger partial charge in [0.2, 0.25) is 0 Å². The molecule has 1 unspecified atom stereocenters. The van der Waals surface area contributed by atoms with Crippen LogP contribution in [-0.4, -0.2) is 40.0 Å². The number of carbonyl (C=O) groups excluding carboxylic acids is 1. The molecule has 0 bridgehead atoms. The Bertz CT molecular complexity index is 746. The van der Waals surface area contributed by atoms with Crippen LogP contribution in [0.25, 0.3) is 11.1 Å². The zero-order valence-electron chi connectivity index (χ0n) is 12.3. The smallest absolute Gasteiger partial charge is 0.308 e. The Balaban J connectivity index is 1.81. The largest absolute Gasteiger partial charge is 0.481 e. The van der Waals surface area contributed by atoms with Gasteiger partial charge in [0.25, 0.3) is 5.91 Å². The molecular weight excluding hydrogens is 316 g/mol. The van der Waals surface area contributed by atoms with Gasteiger partial charge in [0.1, 0.15) is 0 Å². The summed E-state index contributed by atoms with van der Waals surface area (Å²) in [6.07, 6.45) is 3.69. The molecule has 118 valence electrons. The molecule has 1 saturated heterocycles. The summed E-state index contributed by atoms with van der Waals surface area (Å²) in [4.78, 5) is 29.2. The van der Waals surface area contributed by atoms with Gasteiger partial charge in [0.15, 0.2) is 0 Å². The standard InChI is InChI=1S/C17H15ClN2O3/c18-15-3-1-11(2-4-15)13-7-14(9-19-8-13)16(21)20-6-5-12(10-20)17(22)23/h1-4,7-9,12H,5-6,10H2,(H,22,23). The van der Waals surface area contributed by atoms with Crippen LogP contribution in [-0.2, 0) is 4.79 Å². The molecule has 1 aliphatic heterocycles. The number of hydrogen-bond donors (Lipinski definition) is 1. The fourth-order valence-corrected chi connectivity index (χ4v) is 2.81. The van der Waals surface area contributed by atoms with E-state index in [4.69, 9.17) is 16.7 Å². The molecule has 1 aromatic heterocycles. The van der Waals surface area contributed by atoms with Crippen molar-refractivity contribution >= 4 is 23.5 Å². The Labute approximate surface area is 138 Å². The minimum atomic E-state index is -0.853. The van der Waals surface area contributed by atoms with Crippen molar-refractivity contribution < 1.29 is 14.7 Å². The molecular formula is C17H15ClN2O3. The first-order valence-corrected chi connectivity index (χ1v) is 7.65. The molecule has 0 saturated carbocycles. The summed E-state index contributed by atoms with van der Waals surface area (Å²) in [5, 5.41) is 9.68. The van der Waals surface area contributed by atoms with E-state index in [0.29, 0.717) is 23.6 Å². The second-order valence-corrected chi connectivity index (χ2v) is 5.98. The van der Waals surface area contributed by atoms with Crippen molar-refractivity contribution in [2.75, 3.05) is 13.1 Å². The third kappa shape index (κ3) is 3.35. The summed E-state index contributed by atoms with van der Waals surface area (Å²) in [5.41, 5.74) is 2.20. The summed E-state index contributed by atoms with van der Waals surface area (Å²) in [6.45, 7) is 0.709. The van der Waals surface area contributed by atoms with Crippen LogP contribution in [0.15, 0.2) is 42.7 Å². The number of carboxylic acids is 1. The predicted octanol–water partition coefficient (Wildman–Crippen LogP) is 2.95. The lowest BCUT2D eigenvalue weighted by Crippen LogP contribution is -2.30. The maximum absolute atomic E-state index is 12.5. The SMILES string of the molecule is O=C(O)C1CCN(C(=O)c2cncc(-c3ccc(Cl)cc3)c2)C1. The maximum Gasteiger partial charge on any atom is 0.308 e. The third-order valence-electron chi connectivity index (χ3n) is 3.99. The average Bonchev–Trinajstić information content (AvgIpc) is 3.05. The minimum Gasteiger partial charge on any atom is -0.481 e. The fraction of sp³-hybridized carbons (Fsp3) is 0.235. The van der Waals surface area contributed by atoms with Crippen LogP contribution in [0.5, 0.6) is 0 Å². The molecule has 1 aliphatic rings. The average molecular weight is 331 g/mol. The molecule has 1 aromatic carbocycles. The van der Waals surface area contributed by atoms with E-state index in [1.165, 1.54) is 6.20 Å². The molecule has 0 spiro atoms. The van der Waals surface area contributed by atoms with Crippen LogP contribution in [0.3, 0.4) is 0 Å². The number of pyridine rings is 1. The van der Waals surface area contributed by atoms with E-state index < -0.39 is 11.9 Å². The van der Waals surface area contributed by atoms with Crippen molar-refractivity contribution in [2.24, 2.45) is 5.92 Å². The summed E-state index contributed by atoms with van der Waals surface area (Å²) >= 11 is 5.88. The first kappa shape index (κ1) is 15.5. The molecule has 3 rings (SSSR count). The zero-order chi connectivity index (χ0) is 16.4. The number of hydrogen-bond acceptors (Lipinski definition) is 3. The number of nitrogens with zero attached hydrogens (tertiary/aromatic N) is 2. The number of carboxylic acid groups (broad SMARTS) is 1. The van der Waals surface area contributed by atoms with Crippen LogP contribution in [0.4, 0.5) is 0 Å². The Morgan fingerprint density at radius 1 is 1.17 bits per heavy atom. The molecule has 1 fully saturated rings. The predicted molar refractivity (Wildman–Crippen MR) is 86.3 cm³/mol. The van der Waals surface area contributed by atoms with Crippen molar-refractivity contribution in [3.63, 3.8) is 0 Å². The monoisotopic (exact) mass is 330 g/mol. The van der Waals surface area contributed by atoms with Gasteiger partial charge in [-0.3, -0.25) is 14.6 Å². The summed E-state index contributed by atoms with van der Waals surface area (Å²) < 4.78 is 0. The van der Waals surface area contributed by atoms with E-state index in [-0.39, 0.29) is 12.5 Å². The molecule has 1 amide bonds. The van der Waals surface area contributed by atoms with Gasteiger partial charge in [0.05, 0.1) is 11.5 Å². The highest BCUT2D eigenvalue weighted by Crippen LogP contribution is 2.23. The molecule has 0 radical (unpaired) electrons. The number of halogens is 1. The molecule has 5 nitrogen and oxygen atoms in total. The third-order valence-corrected chi connectivity index (χ3v) is 4.24.